The molecule has 3 rings (SSSR count). The number of hydrogen-bond acceptors (Lipinski definition) is 8. The zero-order valence-corrected chi connectivity index (χ0v) is 17.4. The van der Waals surface area contributed by atoms with Gasteiger partial charge in [0.1, 0.15) is 0 Å². The monoisotopic (exact) mass is 426 g/mol. The van der Waals surface area contributed by atoms with E-state index in [4.69, 9.17) is 0 Å². The summed E-state index contributed by atoms with van der Waals surface area (Å²) in [6.07, 6.45) is 1.38. The Bertz CT molecular complexity index is 871. The molecule has 0 bridgehead atoms. The first kappa shape index (κ1) is 20.1. The molecule has 2 N–H and O–H groups in total. The zero-order valence-electron chi connectivity index (χ0n) is 14.9. The summed E-state index contributed by atoms with van der Waals surface area (Å²) >= 11 is 2.74. The van der Waals surface area contributed by atoms with Gasteiger partial charge in [0.05, 0.1) is 16.8 Å². The highest BCUT2D eigenvalue weighted by molar-refractivity contribution is 8.02. The molecule has 146 valence electrons. The molecule has 0 spiro atoms. The predicted molar refractivity (Wildman–Crippen MR) is 109 cm³/mol. The van der Waals surface area contributed by atoms with Crippen LogP contribution in [0.1, 0.15) is 18.9 Å². The number of hydrogen-bond donors (Lipinski definition) is 2. The average molecular weight is 427 g/mol. The molecule has 1 aromatic heterocycles. The van der Waals surface area contributed by atoms with Gasteiger partial charge in [0.15, 0.2) is 14.2 Å². The third-order valence-electron chi connectivity index (χ3n) is 4.16. The molecule has 2 heterocycles. The lowest BCUT2D eigenvalue weighted by atomic mass is 10.2. The van der Waals surface area contributed by atoms with Crippen LogP contribution in [0.2, 0.25) is 0 Å². The van der Waals surface area contributed by atoms with Gasteiger partial charge < -0.3 is 10.6 Å². The number of carbonyl (C=O) groups excluding carboxylic acids is 1. The van der Waals surface area contributed by atoms with E-state index in [0.717, 1.165) is 18.1 Å². The summed E-state index contributed by atoms with van der Waals surface area (Å²) in [5.74, 6) is 0.00839. The normalized spacial score (nSPS) is 19.5. The highest BCUT2D eigenvalue weighted by Gasteiger charge is 2.30. The first-order valence-corrected chi connectivity index (χ1v) is 12.2. The molecule has 1 amide bonds. The van der Waals surface area contributed by atoms with Crippen molar-refractivity contribution in [2.75, 3.05) is 23.4 Å². The summed E-state index contributed by atoms with van der Waals surface area (Å²) in [4.78, 5) is 12.3. The minimum absolute atomic E-state index is 0.0322. The number of amides is 1. The molecule has 10 heteroatoms. The number of anilines is 1. The average Bonchev–Trinajstić information content (AvgIpc) is 3.21. The molecule has 0 radical (unpaired) electrons. The van der Waals surface area contributed by atoms with Crippen LogP contribution in [0.5, 0.6) is 0 Å². The molecule has 7 nitrogen and oxygen atoms in total. The topological polar surface area (TPSA) is 101 Å². The third kappa shape index (κ3) is 6.18. The van der Waals surface area contributed by atoms with Crippen molar-refractivity contribution in [3.63, 3.8) is 0 Å². The highest BCUT2D eigenvalue weighted by atomic mass is 32.2. The van der Waals surface area contributed by atoms with Crippen molar-refractivity contribution in [2.24, 2.45) is 0 Å². The fraction of sp³-hybridized carbons (Fsp3) is 0.471. The molecule has 1 fully saturated rings. The van der Waals surface area contributed by atoms with Crippen LogP contribution in [0.15, 0.2) is 34.7 Å². The number of rotatable bonds is 8. The maximum atomic E-state index is 12.3. The van der Waals surface area contributed by atoms with Crippen molar-refractivity contribution >= 4 is 44.0 Å². The van der Waals surface area contributed by atoms with E-state index in [1.165, 1.54) is 28.7 Å². The van der Waals surface area contributed by atoms with E-state index in [1.54, 1.807) is 6.92 Å². The van der Waals surface area contributed by atoms with Crippen LogP contribution >= 0.6 is 23.1 Å². The van der Waals surface area contributed by atoms with E-state index in [2.05, 4.69) is 33.0 Å². The Morgan fingerprint density at radius 1 is 1.33 bits per heavy atom. The molecule has 1 saturated heterocycles. The standard InChI is InChI=1S/C17H22N4O3S3/c1-12(15(22)19-14-8-10-27(23,24)11-14)25-17-21-20-16(26-17)18-9-7-13-5-3-2-4-6-13/h2-6,12,14H,7-11H2,1H3,(H,18,20)(H,19,22)/t12-,14+/m1/s1. The summed E-state index contributed by atoms with van der Waals surface area (Å²) < 4.78 is 23.7. The van der Waals surface area contributed by atoms with E-state index < -0.39 is 9.84 Å². The predicted octanol–water partition coefficient (Wildman–Crippen LogP) is 1.98. The van der Waals surface area contributed by atoms with Crippen molar-refractivity contribution < 1.29 is 13.2 Å². The molecular weight excluding hydrogens is 404 g/mol. The van der Waals surface area contributed by atoms with Crippen LogP contribution in [0.4, 0.5) is 5.13 Å². The van der Waals surface area contributed by atoms with Gasteiger partial charge in [-0.25, -0.2) is 8.42 Å². The van der Waals surface area contributed by atoms with E-state index in [0.29, 0.717) is 10.8 Å². The van der Waals surface area contributed by atoms with Crippen molar-refractivity contribution in [2.45, 2.75) is 35.4 Å². The number of sulfone groups is 1. The van der Waals surface area contributed by atoms with Crippen molar-refractivity contribution in [3.05, 3.63) is 35.9 Å². The summed E-state index contributed by atoms with van der Waals surface area (Å²) in [5.41, 5.74) is 1.25. The van der Waals surface area contributed by atoms with Crippen LogP contribution in [0.3, 0.4) is 0 Å². The molecule has 0 unspecified atom stereocenters. The van der Waals surface area contributed by atoms with Crippen molar-refractivity contribution in [1.29, 1.82) is 0 Å². The number of thioether (sulfide) groups is 1. The molecule has 1 aliphatic rings. The zero-order chi connectivity index (χ0) is 19.3. The number of aromatic nitrogens is 2. The second-order valence-corrected chi connectivity index (χ2v) is 11.2. The minimum atomic E-state index is -3.00. The van der Waals surface area contributed by atoms with Crippen LogP contribution in [-0.2, 0) is 21.1 Å². The van der Waals surface area contributed by atoms with Crippen LogP contribution in [-0.4, -0.2) is 53.9 Å². The summed E-state index contributed by atoms with van der Waals surface area (Å²) in [6.45, 7) is 2.54. The Morgan fingerprint density at radius 2 is 2.11 bits per heavy atom. The quantitative estimate of drug-likeness (QED) is 0.622. The molecule has 27 heavy (non-hydrogen) atoms. The molecule has 1 aromatic carbocycles. The lowest BCUT2D eigenvalue weighted by Crippen LogP contribution is -2.39. The molecular formula is C17H22N4O3S3. The van der Waals surface area contributed by atoms with Crippen LogP contribution in [0, 0.1) is 0 Å². The lowest BCUT2D eigenvalue weighted by Gasteiger charge is -2.14. The Kier molecular flexibility index (Phi) is 6.72. The van der Waals surface area contributed by atoms with E-state index in [1.807, 2.05) is 18.2 Å². The fourth-order valence-corrected chi connectivity index (χ4v) is 6.32. The third-order valence-corrected chi connectivity index (χ3v) is 8.00. The SMILES string of the molecule is C[C@@H](Sc1nnc(NCCc2ccccc2)s1)C(=O)N[C@H]1CCS(=O)(=O)C1. The maximum Gasteiger partial charge on any atom is 0.233 e. The second kappa shape index (κ2) is 9.03. The maximum absolute atomic E-state index is 12.3. The molecule has 2 aromatic rings. The van der Waals surface area contributed by atoms with Gasteiger partial charge in [0, 0.05) is 12.6 Å². The van der Waals surface area contributed by atoms with Crippen LogP contribution < -0.4 is 10.6 Å². The van der Waals surface area contributed by atoms with Crippen molar-refractivity contribution in [1.82, 2.24) is 15.5 Å². The summed E-state index contributed by atoms with van der Waals surface area (Å²) in [7, 11) is -3.00. The van der Waals surface area contributed by atoms with E-state index >= 15 is 0 Å². The molecule has 0 saturated carbocycles. The van der Waals surface area contributed by atoms with Crippen molar-refractivity contribution in [3.8, 4) is 0 Å². The smallest absolute Gasteiger partial charge is 0.233 e. The van der Waals surface area contributed by atoms with Crippen LogP contribution in [0.25, 0.3) is 0 Å². The summed E-state index contributed by atoms with van der Waals surface area (Å²) in [6, 6.07) is 9.91. The summed E-state index contributed by atoms with van der Waals surface area (Å²) in [5, 5.41) is 14.6. The Hall–Kier alpha value is -1.65. The molecule has 2 atom stereocenters. The Balaban J connectivity index is 1.43. The number of nitrogens with zero attached hydrogens (tertiary/aromatic N) is 2. The number of nitrogens with one attached hydrogen (secondary N) is 2. The van der Waals surface area contributed by atoms with Gasteiger partial charge in [-0.05, 0) is 25.3 Å². The molecule has 0 aliphatic carbocycles. The highest BCUT2D eigenvalue weighted by Crippen LogP contribution is 2.29. The fourth-order valence-electron chi connectivity index (χ4n) is 2.72. The van der Waals surface area contributed by atoms with E-state index in [9.17, 15) is 13.2 Å². The largest absolute Gasteiger partial charge is 0.360 e. The Labute approximate surface area is 167 Å². The first-order valence-electron chi connectivity index (χ1n) is 8.70. The van der Waals surface area contributed by atoms with Gasteiger partial charge in [-0.2, -0.15) is 0 Å². The van der Waals surface area contributed by atoms with Gasteiger partial charge in [-0.15, -0.1) is 10.2 Å². The number of carbonyl (C=O) groups is 1. The molecule has 1 aliphatic heterocycles. The van der Waals surface area contributed by atoms with Gasteiger partial charge in [0.25, 0.3) is 0 Å². The minimum Gasteiger partial charge on any atom is -0.360 e. The Morgan fingerprint density at radius 3 is 2.81 bits per heavy atom. The van der Waals surface area contributed by atoms with Gasteiger partial charge in [-0.1, -0.05) is 53.4 Å². The lowest BCUT2D eigenvalue weighted by molar-refractivity contribution is -0.120. The number of benzene rings is 1. The first-order chi connectivity index (χ1) is 12.9. The van der Waals surface area contributed by atoms with Gasteiger partial charge in [0.2, 0.25) is 11.0 Å². The second-order valence-electron chi connectivity index (χ2n) is 6.40. The van der Waals surface area contributed by atoms with Gasteiger partial charge >= 0.3 is 0 Å². The van der Waals surface area contributed by atoms with E-state index in [-0.39, 0.29) is 28.7 Å². The van der Waals surface area contributed by atoms with Gasteiger partial charge in [-0.3, -0.25) is 4.79 Å².